The lowest BCUT2D eigenvalue weighted by Crippen LogP contribution is -2.40. The van der Waals surface area contributed by atoms with E-state index < -0.39 is 5.92 Å². The van der Waals surface area contributed by atoms with Crippen LogP contribution in [0.2, 0.25) is 0 Å². The number of benzene rings is 2. The molecule has 2 aromatic rings. The van der Waals surface area contributed by atoms with Crippen LogP contribution in [0.1, 0.15) is 30.1 Å². The molecule has 180 valence electrons. The third-order valence-corrected chi connectivity index (χ3v) is 6.36. The molecule has 0 N–H and O–H groups in total. The van der Waals surface area contributed by atoms with Crippen LogP contribution in [0.5, 0.6) is 11.5 Å². The van der Waals surface area contributed by atoms with Crippen molar-refractivity contribution in [3.05, 3.63) is 54.1 Å². The van der Waals surface area contributed by atoms with Gasteiger partial charge in [0.1, 0.15) is 11.5 Å². The molecule has 2 saturated heterocycles. The van der Waals surface area contributed by atoms with E-state index in [1.807, 2.05) is 43.3 Å². The molecule has 0 aromatic heterocycles. The second kappa shape index (κ2) is 10.6. The smallest absolute Gasteiger partial charge is 0.257 e. The fourth-order valence-electron chi connectivity index (χ4n) is 4.65. The van der Waals surface area contributed by atoms with E-state index in [0.29, 0.717) is 68.5 Å². The molecule has 0 spiro atoms. The molecule has 2 aliphatic rings. The maximum Gasteiger partial charge on any atom is 0.257 e. The second-order valence-electron chi connectivity index (χ2n) is 8.48. The lowest BCUT2D eigenvalue weighted by Gasteiger charge is -2.25. The van der Waals surface area contributed by atoms with Gasteiger partial charge in [-0.15, -0.1) is 0 Å². The van der Waals surface area contributed by atoms with E-state index in [2.05, 4.69) is 0 Å². The molecule has 2 fully saturated rings. The number of carbonyl (C=O) groups is 3. The van der Waals surface area contributed by atoms with Crippen LogP contribution in [0.3, 0.4) is 0 Å². The van der Waals surface area contributed by atoms with Gasteiger partial charge in [-0.1, -0.05) is 24.3 Å². The van der Waals surface area contributed by atoms with Gasteiger partial charge < -0.3 is 24.2 Å². The molecule has 8 nitrogen and oxygen atoms in total. The van der Waals surface area contributed by atoms with Gasteiger partial charge in [0.05, 0.1) is 30.9 Å². The molecule has 2 aliphatic heterocycles. The lowest BCUT2D eigenvalue weighted by atomic mass is 10.1. The Kier molecular flexibility index (Phi) is 7.35. The van der Waals surface area contributed by atoms with Gasteiger partial charge in [-0.2, -0.15) is 0 Å². The maximum absolute atomic E-state index is 13.3. The van der Waals surface area contributed by atoms with Crippen molar-refractivity contribution in [1.82, 2.24) is 9.80 Å². The number of nitrogens with zero attached hydrogens (tertiary/aromatic N) is 3. The number of rotatable bonds is 6. The molecule has 4 rings (SSSR count). The van der Waals surface area contributed by atoms with Crippen LogP contribution in [-0.2, 0) is 9.59 Å². The summed E-state index contributed by atoms with van der Waals surface area (Å²) >= 11 is 0. The minimum Gasteiger partial charge on any atom is -0.496 e. The molecule has 0 saturated carbocycles. The van der Waals surface area contributed by atoms with Gasteiger partial charge in [-0.25, -0.2) is 0 Å². The molecule has 0 aliphatic carbocycles. The average Bonchev–Trinajstić information content (AvgIpc) is 3.08. The van der Waals surface area contributed by atoms with Gasteiger partial charge in [0, 0.05) is 39.1 Å². The summed E-state index contributed by atoms with van der Waals surface area (Å²) in [5.41, 5.74) is 1.23. The summed E-state index contributed by atoms with van der Waals surface area (Å²) in [5.74, 6) is 0.582. The Balaban J connectivity index is 1.41. The molecule has 8 heteroatoms. The van der Waals surface area contributed by atoms with Gasteiger partial charge in [0.15, 0.2) is 0 Å². The number of carbonyl (C=O) groups excluding carboxylic acids is 3. The van der Waals surface area contributed by atoms with E-state index in [1.54, 1.807) is 33.9 Å². The molecule has 2 heterocycles. The summed E-state index contributed by atoms with van der Waals surface area (Å²) in [6, 6.07) is 14.6. The molecule has 3 amide bonds. The Hall–Kier alpha value is -3.55. The Morgan fingerprint density at radius 1 is 0.941 bits per heavy atom. The predicted octanol–water partition coefficient (Wildman–Crippen LogP) is 2.82. The van der Waals surface area contributed by atoms with E-state index >= 15 is 0 Å². The van der Waals surface area contributed by atoms with Crippen LogP contribution in [0.15, 0.2) is 48.5 Å². The van der Waals surface area contributed by atoms with Gasteiger partial charge in [-0.3, -0.25) is 14.4 Å². The number of amides is 3. The highest BCUT2D eigenvalue weighted by Gasteiger charge is 2.38. The number of hydrogen-bond donors (Lipinski definition) is 0. The second-order valence-corrected chi connectivity index (χ2v) is 8.48. The van der Waals surface area contributed by atoms with Crippen molar-refractivity contribution in [3.8, 4) is 11.5 Å². The van der Waals surface area contributed by atoms with Crippen LogP contribution >= 0.6 is 0 Å². The van der Waals surface area contributed by atoms with Crippen LogP contribution in [0, 0.1) is 5.92 Å². The van der Waals surface area contributed by atoms with Crippen molar-refractivity contribution in [2.24, 2.45) is 5.92 Å². The lowest BCUT2D eigenvalue weighted by molar-refractivity contribution is -0.135. The summed E-state index contributed by atoms with van der Waals surface area (Å²) in [6.07, 6.45) is 0.865. The van der Waals surface area contributed by atoms with Crippen molar-refractivity contribution >= 4 is 23.4 Å². The van der Waals surface area contributed by atoms with Gasteiger partial charge in [0.25, 0.3) is 5.91 Å². The third-order valence-electron chi connectivity index (χ3n) is 6.36. The third kappa shape index (κ3) is 4.85. The van der Waals surface area contributed by atoms with Crippen LogP contribution in [0.25, 0.3) is 0 Å². The first-order valence-electron chi connectivity index (χ1n) is 11.8. The molecule has 34 heavy (non-hydrogen) atoms. The van der Waals surface area contributed by atoms with E-state index in [4.69, 9.17) is 9.47 Å². The number of methoxy groups -OCH3 is 1. The summed E-state index contributed by atoms with van der Waals surface area (Å²) in [7, 11) is 1.55. The molecule has 0 bridgehead atoms. The van der Waals surface area contributed by atoms with Crippen molar-refractivity contribution in [3.63, 3.8) is 0 Å². The van der Waals surface area contributed by atoms with Gasteiger partial charge >= 0.3 is 0 Å². The topological polar surface area (TPSA) is 79.4 Å². The van der Waals surface area contributed by atoms with Crippen LogP contribution in [0.4, 0.5) is 5.69 Å². The molecule has 0 radical (unpaired) electrons. The number of anilines is 1. The molecule has 1 unspecified atom stereocenters. The van der Waals surface area contributed by atoms with Crippen LogP contribution < -0.4 is 14.4 Å². The van der Waals surface area contributed by atoms with E-state index in [9.17, 15) is 14.4 Å². The first-order chi connectivity index (χ1) is 16.5. The number of hydrogen-bond acceptors (Lipinski definition) is 5. The van der Waals surface area contributed by atoms with Crippen molar-refractivity contribution in [1.29, 1.82) is 0 Å². The zero-order valence-electron chi connectivity index (χ0n) is 19.7. The Bertz CT molecular complexity index is 1060. The highest BCUT2D eigenvalue weighted by molar-refractivity contribution is 6.01. The summed E-state index contributed by atoms with van der Waals surface area (Å²) in [4.78, 5) is 44.4. The SMILES string of the molecule is CCOc1ccccc1N1CC(C(=O)N2CCCN(C(=O)c3ccccc3OC)CC2)CC1=O. The van der Waals surface area contributed by atoms with E-state index in [-0.39, 0.29) is 24.1 Å². The summed E-state index contributed by atoms with van der Waals surface area (Å²) in [6.45, 7) is 4.75. The number of ether oxygens (including phenoxy) is 2. The Morgan fingerprint density at radius 3 is 2.38 bits per heavy atom. The Morgan fingerprint density at radius 2 is 1.62 bits per heavy atom. The zero-order chi connectivity index (χ0) is 24.1. The average molecular weight is 466 g/mol. The highest BCUT2D eigenvalue weighted by Crippen LogP contribution is 2.33. The standard InChI is InChI=1S/C26H31N3O5/c1-3-34-23-12-7-5-10-21(23)29-18-19(17-24(29)30)25(31)27-13-8-14-28(16-15-27)26(32)20-9-4-6-11-22(20)33-2/h4-7,9-12,19H,3,8,13-18H2,1-2H3. The zero-order valence-corrected chi connectivity index (χ0v) is 19.7. The first kappa shape index (κ1) is 23.6. The minimum atomic E-state index is -0.404. The van der Waals surface area contributed by atoms with Crippen molar-refractivity contribution in [2.75, 3.05) is 51.3 Å². The minimum absolute atomic E-state index is 0.0312. The molecule has 1 atom stereocenters. The fourth-order valence-corrected chi connectivity index (χ4v) is 4.65. The first-order valence-corrected chi connectivity index (χ1v) is 11.8. The largest absolute Gasteiger partial charge is 0.496 e. The molecular weight excluding hydrogens is 434 g/mol. The highest BCUT2D eigenvalue weighted by atomic mass is 16.5. The summed E-state index contributed by atoms with van der Waals surface area (Å²) < 4.78 is 11.0. The van der Waals surface area contributed by atoms with E-state index in [0.717, 1.165) is 0 Å². The quantitative estimate of drug-likeness (QED) is 0.656. The van der Waals surface area contributed by atoms with E-state index in [1.165, 1.54) is 0 Å². The summed E-state index contributed by atoms with van der Waals surface area (Å²) in [5, 5.41) is 0. The number of para-hydroxylation sites is 3. The van der Waals surface area contributed by atoms with Crippen molar-refractivity contribution in [2.45, 2.75) is 19.8 Å². The van der Waals surface area contributed by atoms with Crippen molar-refractivity contribution < 1.29 is 23.9 Å². The fraction of sp³-hybridized carbons (Fsp3) is 0.423. The van der Waals surface area contributed by atoms with Crippen LogP contribution in [-0.4, -0.2) is 74.0 Å². The molecule has 2 aromatic carbocycles. The van der Waals surface area contributed by atoms with Gasteiger partial charge in [-0.05, 0) is 37.6 Å². The van der Waals surface area contributed by atoms with Gasteiger partial charge in [0.2, 0.25) is 11.8 Å². The Labute approximate surface area is 200 Å². The maximum atomic E-state index is 13.3. The molecular formula is C26H31N3O5. The predicted molar refractivity (Wildman–Crippen MR) is 128 cm³/mol. The normalized spacial score (nSPS) is 18.6. The monoisotopic (exact) mass is 465 g/mol.